The molecule has 1 aliphatic carbocycles. The number of hydrogen-bond acceptors (Lipinski definition) is 2. The van der Waals surface area contributed by atoms with E-state index in [0.717, 1.165) is 24.1 Å². The van der Waals surface area contributed by atoms with Crippen LogP contribution in [-0.4, -0.2) is 9.97 Å². The molecule has 3 nitrogen and oxygen atoms in total. The summed E-state index contributed by atoms with van der Waals surface area (Å²) in [6.07, 6.45) is 2.24. The number of nitrogens with one attached hydrogen (secondary N) is 1. The third-order valence-electron chi connectivity index (χ3n) is 2.98. The third kappa shape index (κ3) is 2.19. The van der Waals surface area contributed by atoms with Crippen molar-refractivity contribution in [2.45, 2.75) is 18.8 Å². The van der Waals surface area contributed by atoms with Crippen molar-refractivity contribution >= 4 is 34.2 Å². The van der Waals surface area contributed by atoms with Crippen LogP contribution >= 0.6 is 34.2 Å². The van der Waals surface area contributed by atoms with Crippen LogP contribution in [0.25, 0.3) is 11.4 Å². The van der Waals surface area contributed by atoms with Gasteiger partial charge in [0.15, 0.2) is 0 Å². The maximum atomic E-state index is 11.9. The van der Waals surface area contributed by atoms with Gasteiger partial charge in [-0.2, -0.15) is 0 Å². The first kappa shape index (κ1) is 12.2. The maximum absolute atomic E-state index is 11.9. The highest BCUT2D eigenvalue weighted by atomic mass is 127. The van der Waals surface area contributed by atoms with Crippen LogP contribution in [0.15, 0.2) is 29.1 Å². The van der Waals surface area contributed by atoms with Crippen molar-refractivity contribution in [2.24, 2.45) is 0 Å². The van der Waals surface area contributed by atoms with E-state index in [1.807, 2.05) is 18.2 Å². The van der Waals surface area contributed by atoms with Crippen LogP contribution in [0.1, 0.15) is 24.5 Å². The first-order chi connectivity index (χ1) is 8.66. The zero-order chi connectivity index (χ0) is 12.7. The van der Waals surface area contributed by atoms with Gasteiger partial charge in [0.1, 0.15) is 5.82 Å². The normalized spacial score (nSPS) is 14.8. The van der Waals surface area contributed by atoms with Crippen molar-refractivity contribution in [3.8, 4) is 11.4 Å². The highest BCUT2D eigenvalue weighted by Gasteiger charge is 2.29. The quantitative estimate of drug-likeness (QED) is 0.819. The molecule has 5 heteroatoms. The van der Waals surface area contributed by atoms with E-state index < -0.39 is 0 Å². The minimum atomic E-state index is -0.0811. The lowest BCUT2D eigenvalue weighted by Gasteiger charge is -2.07. The van der Waals surface area contributed by atoms with Crippen molar-refractivity contribution in [1.82, 2.24) is 9.97 Å². The van der Waals surface area contributed by atoms with Crippen molar-refractivity contribution in [2.75, 3.05) is 0 Å². The Morgan fingerprint density at radius 1 is 1.33 bits per heavy atom. The summed E-state index contributed by atoms with van der Waals surface area (Å²) in [6.45, 7) is 0. The molecule has 18 heavy (non-hydrogen) atoms. The van der Waals surface area contributed by atoms with Gasteiger partial charge >= 0.3 is 0 Å². The van der Waals surface area contributed by atoms with Gasteiger partial charge in [-0.05, 0) is 47.6 Å². The average Bonchev–Trinajstić information content (AvgIpc) is 3.17. The highest BCUT2D eigenvalue weighted by molar-refractivity contribution is 14.1. The molecular weight excluding hydrogens is 363 g/mol. The van der Waals surface area contributed by atoms with Gasteiger partial charge in [-0.1, -0.05) is 23.7 Å². The standard InChI is InChI=1S/C13H10ClIN2O/c14-9-4-2-1-3-8(9)12-16-11(7-5-6-7)10(15)13(18)17-12/h1-4,7H,5-6H2,(H,16,17,18). The van der Waals surface area contributed by atoms with Crippen LogP contribution in [-0.2, 0) is 0 Å². The largest absolute Gasteiger partial charge is 0.306 e. The van der Waals surface area contributed by atoms with E-state index in [2.05, 4.69) is 32.6 Å². The van der Waals surface area contributed by atoms with Gasteiger partial charge in [0.05, 0.1) is 14.3 Å². The number of halogens is 2. The summed E-state index contributed by atoms with van der Waals surface area (Å²) in [4.78, 5) is 19.3. The number of aromatic nitrogens is 2. The molecule has 92 valence electrons. The topological polar surface area (TPSA) is 45.8 Å². The third-order valence-corrected chi connectivity index (χ3v) is 4.35. The second kappa shape index (κ2) is 4.66. The summed E-state index contributed by atoms with van der Waals surface area (Å²) in [5, 5.41) is 0.601. The molecule has 1 aliphatic rings. The first-order valence-corrected chi connectivity index (χ1v) is 7.17. The molecule has 0 atom stereocenters. The summed E-state index contributed by atoms with van der Waals surface area (Å²) < 4.78 is 0.700. The smallest absolute Gasteiger partial charge is 0.264 e. The molecule has 1 heterocycles. The molecule has 0 aliphatic heterocycles. The fourth-order valence-electron chi connectivity index (χ4n) is 1.88. The Kier molecular flexibility index (Phi) is 3.15. The summed E-state index contributed by atoms with van der Waals surface area (Å²) in [5.41, 5.74) is 1.60. The SMILES string of the molecule is O=c1[nH]c(-c2ccccc2Cl)nc(C2CC2)c1I. The van der Waals surface area contributed by atoms with E-state index in [9.17, 15) is 4.79 Å². The molecular formula is C13H10ClIN2O. The Hall–Kier alpha value is -0.880. The second-order valence-electron chi connectivity index (χ2n) is 4.37. The molecule has 0 unspecified atom stereocenters. The van der Waals surface area contributed by atoms with Crippen molar-refractivity contribution in [3.63, 3.8) is 0 Å². The van der Waals surface area contributed by atoms with Crippen LogP contribution in [0.2, 0.25) is 5.02 Å². The van der Waals surface area contributed by atoms with Gasteiger partial charge in [0.25, 0.3) is 5.56 Å². The molecule has 0 bridgehead atoms. The molecule has 2 aromatic rings. The summed E-state index contributed by atoms with van der Waals surface area (Å²) >= 11 is 8.20. The van der Waals surface area contributed by atoms with E-state index in [1.165, 1.54) is 0 Å². The lowest BCUT2D eigenvalue weighted by molar-refractivity contribution is 0.958. The number of hydrogen-bond donors (Lipinski definition) is 1. The Labute approximate surface area is 123 Å². The van der Waals surface area contributed by atoms with Gasteiger partial charge in [0.2, 0.25) is 0 Å². The first-order valence-electron chi connectivity index (χ1n) is 5.71. The fraction of sp³-hybridized carbons (Fsp3) is 0.231. The molecule has 1 fully saturated rings. The summed E-state index contributed by atoms with van der Waals surface area (Å²) in [6, 6.07) is 7.41. The summed E-state index contributed by atoms with van der Waals surface area (Å²) in [5.74, 6) is 1.01. The van der Waals surface area contributed by atoms with Crippen molar-refractivity contribution < 1.29 is 0 Å². The molecule has 1 saturated carbocycles. The van der Waals surface area contributed by atoms with E-state index in [1.54, 1.807) is 6.07 Å². The predicted octanol–water partition coefficient (Wildman–Crippen LogP) is 3.57. The number of benzene rings is 1. The van der Waals surface area contributed by atoms with Gasteiger partial charge in [-0.15, -0.1) is 0 Å². The Morgan fingerprint density at radius 2 is 2.06 bits per heavy atom. The van der Waals surface area contributed by atoms with Gasteiger partial charge in [-0.3, -0.25) is 4.79 Å². The molecule has 0 amide bonds. The Morgan fingerprint density at radius 3 is 2.72 bits per heavy atom. The molecule has 1 aromatic carbocycles. The highest BCUT2D eigenvalue weighted by Crippen LogP contribution is 2.40. The van der Waals surface area contributed by atoms with Crippen LogP contribution in [0, 0.1) is 3.57 Å². The van der Waals surface area contributed by atoms with E-state index in [4.69, 9.17) is 11.6 Å². The molecule has 3 rings (SSSR count). The summed E-state index contributed by atoms with van der Waals surface area (Å²) in [7, 11) is 0. The van der Waals surface area contributed by atoms with Crippen LogP contribution < -0.4 is 5.56 Å². The lowest BCUT2D eigenvalue weighted by Crippen LogP contribution is -2.16. The Balaban J connectivity index is 2.19. The minimum absolute atomic E-state index is 0.0811. The van der Waals surface area contributed by atoms with Crippen LogP contribution in [0.4, 0.5) is 0 Å². The maximum Gasteiger partial charge on any atom is 0.264 e. The zero-order valence-corrected chi connectivity index (χ0v) is 12.3. The van der Waals surface area contributed by atoms with E-state index in [0.29, 0.717) is 20.3 Å². The minimum Gasteiger partial charge on any atom is -0.306 e. The number of H-pyrrole nitrogens is 1. The monoisotopic (exact) mass is 372 g/mol. The van der Waals surface area contributed by atoms with Gasteiger partial charge in [-0.25, -0.2) is 4.98 Å². The van der Waals surface area contributed by atoms with Crippen molar-refractivity contribution in [1.29, 1.82) is 0 Å². The van der Waals surface area contributed by atoms with Crippen molar-refractivity contribution in [3.05, 3.63) is 48.9 Å². The molecule has 1 N–H and O–H groups in total. The lowest BCUT2D eigenvalue weighted by atomic mass is 10.2. The molecule has 0 radical (unpaired) electrons. The predicted molar refractivity (Wildman–Crippen MR) is 80.0 cm³/mol. The van der Waals surface area contributed by atoms with E-state index in [-0.39, 0.29) is 5.56 Å². The van der Waals surface area contributed by atoms with Crippen LogP contribution in [0.5, 0.6) is 0 Å². The fourth-order valence-corrected chi connectivity index (χ4v) is 2.81. The number of rotatable bonds is 2. The van der Waals surface area contributed by atoms with Gasteiger partial charge < -0.3 is 4.98 Å². The molecule has 0 saturated heterocycles. The second-order valence-corrected chi connectivity index (χ2v) is 5.85. The molecule has 1 aromatic heterocycles. The number of aromatic amines is 1. The van der Waals surface area contributed by atoms with Gasteiger partial charge in [0, 0.05) is 11.5 Å². The average molecular weight is 373 g/mol. The molecule has 0 spiro atoms. The van der Waals surface area contributed by atoms with Crippen LogP contribution in [0.3, 0.4) is 0 Å². The zero-order valence-electron chi connectivity index (χ0n) is 9.41. The van der Waals surface area contributed by atoms with E-state index >= 15 is 0 Å². The number of nitrogens with zero attached hydrogens (tertiary/aromatic N) is 1. The Bertz CT molecular complexity index is 664.